The minimum atomic E-state index is -0.0521. The average molecular weight is 253 g/mol. The van der Waals surface area contributed by atoms with Crippen molar-refractivity contribution in [3.63, 3.8) is 0 Å². The first-order chi connectivity index (χ1) is 8.69. The molecule has 0 aromatic heterocycles. The Morgan fingerprint density at radius 2 is 2.00 bits per heavy atom. The molecule has 2 fully saturated rings. The van der Waals surface area contributed by atoms with Crippen molar-refractivity contribution in [1.82, 2.24) is 15.5 Å². The molecule has 1 aliphatic carbocycles. The third-order valence-corrected chi connectivity index (χ3v) is 4.07. The van der Waals surface area contributed by atoms with Crippen molar-refractivity contribution in [2.45, 2.75) is 64.1 Å². The van der Waals surface area contributed by atoms with Crippen LogP contribution in [0.4, 0.5) is 0 Å². The lowest BCUT2D eigenvalue weighted by molar-refractivity contribution is -0.123. The number of hydrogen-bond acceptors (Lipinski definition) is 3. The van der Waals surface area contributed by atoms with E-state index in [4.69, 9.17) is 0 Å². The van der Waals surface area contributed by atoms with Crippen molar-refractivity contribution in [1.29, 1.82) is 0 Å². The average Bonchev–Trinajstić information content (AvgIpc) is 3.16. The third-order valence-electron chi connectivity index (χ3n) is 4.07. The van der Waals surface area contributed by atoms with Gasteiger partial charge < -0.3 is 15.5 Å². The van der Waals surface area contributed by atoms with Crippen LogP contribution in [-0.2, 0) is 4.79 Å². The summed E-state index contributed by atoms with van der Waals surface area (Å²) < 4.78 is 0. The number of amides is 1. The molecule has 1 saturated carbocycles. The minimum absolute atomic E-state index is 0.0521. The molecule has 1 aliphatic heterocycles. The molecule has 0 bridgehead atoms. The van der Waals surface area contributed by atoms with Crippen LogP contribution in [0.25, 0.3) is 0 Å². The molecule has 2 N–H and O–H groups in total. The maximum atomic E-state index is 11.9. The second-order valence-electron chi connectivity index (χ2n) is 5.73. The lowest BCUT2D eigenvalue weighted by Crippen LogP contribution is -2.47. The van der Waals surface area contributed by atoms with E-state index in [1.165, 1.54) is 19.4 Å². The molecule has 2 rings (SSSR count). The summed E-state index contributed by atoms with van der Waals surface area (Å²) in [5, 5.41) is 6.56. The molecular formula is C14H27N3O. The molecule has 0 spiro atoms. The smallest absolute Gasteiger partial charge is 0.237 e. The summed E-state index contributed by atoms with van der Waals surface area (Å²) >= 11 is 0. The fourth-order valence-corrected chi connectivity index (χ4v) is 2.62. The molecule has 4 heteroatoms. The van der Waals surface area contributed by atoms with Gasteiger partial charge in [-0.1, -0.05) is 6.92 Å². The largest absolute Gasteiger partial charge is 0.352 e. The lowest BCUT2D eigenvalue weighted by atomic mass is 10.1. The molecule has 0 aromatic carbocycles. The Balaban J connectivity index is 1.72. The summed E-state index contributed by atoms with van der Waals surface area (Å²) in [6.45, 7) is 7.71. The van der Waals surface area contributed by atoms with Crippen molar-refractivity contribution < 1.29 is 4.79 Å². The van der Waals surface area contributed by atoms with Crippen LogP contribution in [0.2, 0.25) is 0 Å². The van der Waals surface area contributed by atoms with Crippen LogP contribution in [-0.4, -0.2) is 48.6 Å². The van der Waals surface area contributed by atoms with Gasteiger partial charge in [0.05, 0.1) is 6.04 Å². The Kier molecular flexibility index (Phi) is 5.01. The van der Waals surface area contributed by atoms with Crippen molar-refractivity contribution in [2.75, 3.05) is 19.6 Å². The zero-order chi connectivity index (χ0) is 13.0. The summed E-state index contributed by atoms with van der Waals surface area (Å²) in [4.78, 5) is 14.4. The van der Waals surface area contributed by atoms with E-state index in [0.29, 0.717) is 12.1 Å². The van der Waals surface area contributed by atoms with E-state index >= 15 is 0 Å². The standard InChI is InChI=1S/C14H27N3O/c1-3-17-9-4-5-12(8-10-17)15-11(2)14(18)16-13-6-7-13/h11-13,15H,3-10H2,1-2H3,(H,16,18). The molecular weight excluding hydrogens is 226 g/mol. The summed E-state index contributed by atoms with van der Waals surface area (Å²) in [5.74, 6) is 0.175. The topological polar surface area (TPSA) is 44.4 Å². The number of nitrogens with zero attached hydrogens (tertiary/aromatic N) is 1. The van der Waals surface area contributed by atoms with Crippen molar-refractivity contribution in [2.24, 2.45) is 0 Å². The Labute approximate surface area is 110 Å². The number of carbonyl (C=O) groups excluding carboxylic acids is 1. The van der Waals surface area contributed by atoms with Gasteiger partial charge in [-0.2, -0.15) is 0 Å². The van der Waals surface area contributed by atoms with Crippen molar-refractivity contribution in [3.05, 3.63) is 0 Å². The fourth-order valence-electron chi connectivity index (χ4n) is 2.62. The van der Waals surface area contributed by atoms with Crippen molar-refractivity contribution in [3.8, 4) is 0 Å². The number of carbonyl (C=O) groups is 1. The molecule has 1 saturated heterocycles. The SMILES string of the molecule is CCN1CCCC(NC(C)C(=O)NC2CC2)CC1. The van der Waals surface area contributed by atoms with Crippen molar-refractivity contribution >= 4 is 5.91 Å². The second-order valence-corrected chi connectivity index (χ2v) is 5.73. The highest BCUT2D eigenvalue weighted by molar-refractivity contribution is 5.81. The van der Waals surface area contributed by atoms with E-state index in [1.54, 1.807) is 0 Å². The zero-order valence-corrected chi connectivity index (χ0v) is 11.7. The van der Waals surface area contributed by atoms with Gasteiger partial charge in [0.2, 0.25) is 5.91 Å². The molecule has 1 heterocycles. The molecule has 2 aliphatic rings. The summed E-state index contributed by atoms with van der Waals surface area (Å²) in [6.07, 6.45) is 5.91. The number of nitrogens with one attached hydrogen (secondary N) is 2. The predicted molar refractivity (Wildman–Crippen MR) is 73.5 cm³/mol. The van der Waals surface area contributed by atoms with Crippen LogP contribution >= 0.6 is 0 Å². The van der Waals surface area contributed by atoms with Gasteiger partial charge in [-0.25, -0.2) is 0 Å². The fraction of sp³-hybridized carbons (Fsp3) is 0.929. The summed E-state index contributed by atoms with van der Waals surface area (Å²) in [6, 6.07) is 0.914. The first-order valence-electron chi connectivity index (χ1n) is 7.47. The molecule has 2 atom stereocenters. The van der Waals surface area contributed by atoms with Gasteiger partial charge in [-0.05, 0) is 58.7 Å². The Morgan fingerprint density at radius 3 is 2.67 bits per heavy atom. The van der Waals surface area contributed by atoms with Gasteiger partial charge in [-0.3, -0.25) is 4.79 Å². The first kappa shape index (κ1) is 13.8. The maximum absolute atomic E-state index is 11.9. The van der Waals surface area contributed by atoms with Crippen LogP contribution in [0.5, 0.6) is 0 Å². The van der Waals surface area contributed by atoms with Crippen LogP contribution in [0.1, 0.15) is 46.0 Å². The maximum Gasteiger partial charge on any atom is 0.237 e. The molecule has 18 heavy (non-hydrogen) atoms. The number of rotatable bonds is 5. The molecule has 1 amide bonds. The molecule has 2 unspecified atom stereocenters. The van der Waals surface area contributed by atoms with Gasteiger partial charge >= 0.3 is 0 Å². The van der Waals surface area contributed by atoms with Gasteiger partial charge in [0, 0.05) is 12.1 Å². The highest BCUT2D eigenvalue weighted by Crippen LogP contribution is 2.18. The molecule has 0 aromatic rings. The Morgan fingerprint density at radius 1 is 1.22 bits per heavy atom. The minimum Gasteiger partial charge on any atom is -0.352 e. The normalized spacial score (nSPS) is 27.6. The third kappa shape index (κ3) is 4.25. The van der Waals surface area contributed by atoms with E-state index < -0.39 is 0 Å². The van der Waals surface area contributed by atoms with Crippen LogP contribution in [0.3, 0.4) is 0 Å². The highest BCUT2D eigenvalue weighted by Gasteiger charge is 2.26. The molecule has 4 nitrogen and oxygen atoms in total. The van der Waals surface area contributed by atoms with E-state index in [2.05, 4.69) is 22.5 Å². The van der Waals surface area contributed by atoms with E-state index in [0.717, 1.165) is 32.4 Å². The van der Waals surface area contributed by atoms with Gasteiger partial charge in [0.15, 0.2) is 0 Å². The van der Waals surface area contributed by atoms with Crippen LogP contribution in [0.15, 0.2) is 0 Å². The summed E-state index contributed by atoms with van der Waals surface area (Å²) in [7, 11) is 0. The lowest BCUT2D eigenvalue weighted by Gasteiger charge is -2.22. The Bertz CT molecular complexity index is 278. The zero-order valence-electron chi connectivity index (χ0n) is 11.7. The van der Waals surface area contributed by atoms with Gasteiger partial charge in [-0.15, -0.1) is 0 Å². The van der Waals surface area contributed by atoms with Crippen LogP contribution < -0.4 is 10.6 Å². The van der Waals surface area contributed by atoms with E-state index in [1.807, 2.05) is 6.92 Å². The van der Waals surface area contributed by atoms with E-state index in [9.17, 15) is 4.79 Å². The first-order valence-corrected chi connectivity index (χ1v) is 7.47. The predicted octanol–water partition coefficient (Wildman–Crippen LogP) is 1.12. The van der Waals surface area contributed by atoms with E-state index in [-0.39, 0.29) is 11.9 Å². The van der Waals surface area contributed by atoms with Gasteiger partial charge in [0.1, 0.15) is 0 Å². The van der Waals surface area contributed by atoms with Crippen LogP contribution in [0, 0.1) is 0 Å². The number of likely N-dealkylation sites (tertiary alicyclic amines) is 1. The Hall–Kier alpha value is -0.610. The molecule has 0 radical (unpaired) electrons. The number of hydrogen-bond donors (Lipinski definition) is 2. The summed E-state index contributed by atoms with van der Waals surface area (Å²) in [5.41, 5.74) is 0. The quantitative estimate of drug-likeness (QED) is 0.771. The highest BCUT2D eigenvalue weighted by atomic mass is 16.2. The monoisotopic (exact) mass is 253 g/mol. The second kappa shape index (κ2) is 6.53. The molecule has 104 valence electrons. The van der Waals surface area contributed by atoms with Gasteiger partial charge in [0.25, 0.3) is 0 Å².